The van der Waals surface area contributed by atoms with E-state index in [-0.39, 0.29) is 16.9 Å². The van der Waals surface area contributed by atoms with E-state index in [1.54, 1.807) is 49.6 Å². The molecule has 0 radical (unpaired) electrons. The van der Waals surface area contributed by atoms with Gasteiger partial charge in [-0.1, -0.05) is 22.0 Å². The normalized spacial score (nSPS) is 10.1. The zero-order chi connectivity index (χ0) is 19.6. The van der Waals surface area contributed by atoms with E-state index in [4.69, 9.17) is 17.0 Å². The fraction of sp³-hybridized carbons (Fsp3) is 0.211. The van der Waals surface area contributed by atoms with Crippen LogP contribution in [0.3, 0.4) is 0 Å². The van der Waals surface area contributed by atoms with E-state index in [0.717, 1.165) is 10.9 Å². The first-order chi connectivity index (χ1) is 13.0. The minimum Gasteiger partial charge on any atom is -0.385 e. The van der Waals surface area contributed by atoms with Crippen LogP contribution in [0.2, 0.25) is 0 Å². The lowest BCUT2D eigenvalue weighted by Gasteiger charge is -2.10. The number of halogens is 1. The molecule has 2 aromatic carbocycles. The zero-order valence-corrected chi connectivity index (χ0v) is 17.2. The first-order valence-corrected chi connectivity index (χ1v) is 9.45. The topological polar surface area (TPSA) is 79.5 Å². The van der Waals surface area contributed by atoms with Crippen LogP contribution in [-0.4, -0.2) is 37.2 Å². The molecule has 0 aliphatic rings. The number of thiocarbonyl (C=S) groups is 1. The minimum absolute atomic E-state index is 0.150. The van der Waals surface area contributed by atoms with Gasteiger partial charge in [0.15, 0.2) is 5.11 Å². The van der Waals surface area contributed by atoms with Gasteiger partial charge < -0.3 is 15.4 Å². The van der Waals surface area contributed by atoms with Crippen molar-refractivity contribution in [2.24, 2.45) is 0 Å². The highest BCUT2D eigenvalue weighted by molar-refractivity contribution is 9.10. The molecule has 2 amide bonds. The highest BCUT2D eigenvalue weighted by Crippen LogP contribution is 2.12. The second-order valence-corrected chi connectivity index (χ2v) is 6.92. The van der Waals surface area contributed by atoms with Gasteiger partial charge in [0, 0.05) is 41.5 Å². The van der Waals surface area contributed by atoms with Gasteiger partial charge in [0.1, 0.15) is 0 Å². The summed E-state index contributed by atoms with van der Waals surface area (Å²) in [6, 6.07) is 13.8. The Morgan fingerprint density at radius 1 is 1.07 bits per heavy atom. The average Bonchev–Trinajstić information content (AvgIpc) is 2.65. The summed E-state index contributed by atoms with van der Waals surface area (Å²) in [7, 11) is 1.62. The predicted octanol–water partition coefficient (Wildman–Crippen LogP) is 3.34. The number of nitrogens with one attached hydrogen (secondary N) is 3. The van der Waals surface area contributed by atoms with Crippen molar-refractivity contribution < 1.29 is 14.3 Å². The van der Waals surface area contributed by atoms with E-state index in [1.165, 1.54) is 0 Å². The Kier molecular flexibility index (Phi) is 8.38. The van der Waals surface area contributed by atoms with Gasteiger partial charge in [-0.05, 0) is 61.1 Å². The third-order valence-corrected chi connectivity index (χ3v) is 4.23. The van der Waals surface area contributed by atoms with Crippen LogP contribution in [0.15, 0.2) is 53.0 Å². The van der Waals surface area contributed by atoms with Crippen molar-refractivity contribution in [3.05, 3.63) is 64.1 Å². The summed E-state index contributed by atoms with van der Waals surface area (Å²) in [4.78, 5) is 24.2. The van der Waals surface area contributed by atoms with Crippen LogP contribution in [0, 0.1) is 0 Å². The van der Waals surface area contributed by atoms with Crippen LogP contribution in [0.5, 0.6) is 0 Å². The summed E-state index contributed by atoms with van der Waals surface area (Å²) in [5, 5.41) is 8.54. The van der Waals surface area contributed by atoms with E-state index in [1.807, 2.05) is 6.07 Å². The van der Waals surface area contributed by atoms with Crippen LogP contribution in [0.1, 0.15) is 27.1 Å². The molecular formula is C19H20BrN3O3S. The van der Waals surface area contributed by atoms with E-state index < -0.39 is 0 Å². The molecule has 0 fully saturated rings. The number of amides is 2. The van der Waals surface area contributed by atoms with Crippen molar-refractivity contribution in [3.63, 3.8) is 0 Å². The molecule has 0 aliphatic carbocycles. The molecular weight excluding hydrogens is 430 g/mol. The largest absolute Gasteiger partial charge is 0.385 e. The quantitative estimate of drug-likeness (QED) is 0.446. The predicted molar refractivity (Wildman–Crippen MR) is 113 cm³/mol. The number of hydrogen-bond donors (Lipinski definition) is 3. The van der Waals surface area contributed by atoms with Gasteiger partial charge in [0.25, 0.3) is 11.8 Å². The summed E-state index contributed by atoms with van der Waals surface area (Å²) < 4.78 is 5.75. The number of ether oxygens (including phenoxy) is 1. The Bertz CT molecular complexity index is 812. The maximum Gasteiger partial charge on any atom is 0.257 e. The summed E-state index contributed by atoms with van der Waals surface area (Å²) >= 11 is 8.49. The molecule has 6 nitrogen and oxygen atoms in total. The summed E-state index contributed by atoms with van der Waals surface area (Å²) in [5.41, 5.74) is 1.71. The summed E-state index contributed by atoms with van der Waals surface area (Å²) in [6.07, 6.45) is 0.758. The van der Waals surface area contributed by atoms with E-state index in [0.29, 0.717) is 30.0 Å². The van der Waals surface area contributed by atoms with Crippen molar-refractivity contribution in [3.8, 4) is 0 Å². The molecule has 2 rings (SSSR count). The van der Waals surface area contributed by atoms with Crippen LogP contribution in [0.25, 0.3) is 0 Å². The lowest BCUT2D eigenvalue weighted by molar-refractivity contribution is 0.0946. The maximum absolute atomic E-state index is 12.2. The Labute approximate surface area is 171 Å². The van der Waals surface area contributed by atoms with Crippen LogP contribution < -0.4 is 16.0 Å². The highest BCUT2D eigenvalue weighted by Gasteiger charge is 2.09. The molecule has 0 aliphatic heterocycles. The van der Waals surface area contributed by atoms with Gasteiger partial charge in [-0.3, -0.25) is 14.9 Å². The number of methoxy groups -OCH3 is 1. The monoisotopic (exact) mass is 449 g/mol. The fourth-order valence-electron chi connectivity index (χ4n) is 2.19. The average molecular weight is 450 g/mol. The smallest absolute Gasteiger partial charge is 0.257 e. The SMILES string of the molecule is COCCCNC(=O)c1ccc(NC(=S)NC(=O)c2cccc(Br)c2)cc1. The zero-order valence-electron chi connectivity index (χ0n) is 14.8. The number of anilines is 1. The molecule has 0 unspecified atom stereocenters. The Hall–Kier alpha value is -2.29. The molecule has 0 saturated carbocycles. The van der Waals surface area contributed by atoms with Crippen molar-refractivity contribution in [1.29, 1.82) is 0 Å². The number of carbonyl (C=O) groups excluding carboxylic acids is 2. The van der Waals surface area contributed by atoms with Crippen LogP contribution in [-0.2, 0) is 4.74 Å². The van der Waals surface area contributed by atoms with Crippen molar-refractivity contribution in [2.75, 3.05) is 25.6 Å². The molecule has 0 spiro atoms. The molecule has 0 atom stereocenters. The Morgan fingerprint density at radius 2 is 1.81 bits per heavy atom. The van der Waals surface area contributed by atoms with Gasteiger partial charge in [0.2, 0.25) is 0 Å². The number of hydrogen-bond acceptors (Lipinski definition) is 4. The molecule has 3 N–H and O–H groups in total. The minimum atomic E-state index is -0.305. The molecule has 142 valence electrons. The third-order valence-electron chi connectivity index (χ3n) is 3.53. The second kappa shape index (κ2) is 10.8. The second-order valence-electron chi connectivity index (χ2n) is 5.60. The van der Waals surface area contributed by atoms with E-state index in [2.05, 4.69) is 31.9 Å². The maximum atomic E-state index is 12.2. The Balaban J connectivity index is 1.85. The van der Waals surface area contributed by atoms with E-state index >= 15 is 0 Å². The number of carbonyl (C=O) groups is 2. The summed E-state index contributed by atoms with van der Waals surface area (Å²) in [5.74, 6) is -0.455. The summed E-state index contributed by atoms with van der Waals surface area (Å²) in [6.45, 7) is 1.16. The van der Waals surface area contributed by atoms with Gasteiger partial charge in [-0.2, -0.15) is 0 Å². The lowest BCUT2D eigenvalue weighted by atomic mass is 10.2. The number of benzene rings is 2. The molecule has 8 heteroatoms. The van der Waals surface area contributed by atoms with Gasteiger partial charge in [-0.15, -0.1) is 0 Å². The first kappa shape index (κ1) is 21.0. The van der Waals surface area contributed by atoms with Gasteiger partial charge in [-0.25, -0.2) is 0 Å². The standard InChI is InChI=1S/C19H20BrN3O3S/c1-26-11-3-10-21-17(24)13-6-8-16(9-7-13)22-19(27)23-18(25)14-4-2-5-15(20)12-14/h2,4-9,12H,3,10-11H2,1H3,(H,21,24)(H2,22,23,25,27). The van der Waals surface area contributed by atoms with Crippen molar-refractivity contribution in [2.45, 2.75) is 6.42 Å². The fourth-order valence-corrected chi connectivity index (χ4v) is 2.80. The van der Waals surface area contributed by atoms with Gasteiger partial charge >= 0.3 is 0 Å². The van der Waals surface area contributed by atoms with Crippen molar-refractivity contribution >= 4 is 50.8 Å². The first-order valence-electron chi connectivity index (χ1n) is 8.24. The molecule has 0 bridgehead atoms. The Morgan fingerprint density at radius 3 is 2.48 bits per heavy atom. The van der Waals surface area contributed by atoms with Gasteiger partial charge in [0.05, 0.1) is 0 Å². The highest BCUT2D eigenvalue weighted by atomic mass is 79.9. The molecule has 0 saturated heterocycles. The molecule has 0 heterocycles. The molecule has 0 aromatic heterocycles. The van der Waals surface area contributed by atoms with Crippen LogP contribution in [0.4, 0.5) is 5.69 Å². The third kappa shape index (κ3) is 7.09. The number of rotatable bonds is 7. The van der Waals surface area contributed by atoms with Crippen molar-refractivity contribution in [1.82, 2.24) is 10.6 Å². The molecule has 27 heavy (non-hydrogen) atoms. The lowest BCUT2D eigenvalue weighted by Crippen LogP contribution is -2.34. The van der Waals surface area contributed by atoms with Crippen LogP contribution >= 0.6 is 28.1 Å². The van der Waals surface area contributed by atoms with E-state index in [9.17, 15) is 9.59 Å². The molecule has 2 aromatic rings.